The Labute approximate surface area is 90.8 Å². The second kappa shape index (κ2) is 3.90. The van der Waals surface area contributed by atoms with Crippen molar-refractivity contribution in [2.75, 3.05) is 6.61 Å². The van der Waals surface area contributed by atoms with Gasteiger partial charge in [-0.3, -0.25) is 0 Å². The van der Waals surface area contributed by atoms with Crippen molar-refractivity contribution in [2.45, 2.75) is 6.92 Å². The number of carbonyl (C=O) groups is 1. The first kappa shape index (κ1) is 9.98. The highest BCUT2D eigenvalue weighted by molar-refractivity contribution is 6.34. The van der Waals surface area contributed by atoms with Crippen LogP contribution in [0.4, 0.5) is 0 Å². The van der Waals surface area contributed by atoms with Gasteiger partial charge in [-0.1, -0.05) is 17.7 Å². The SMILES string of the molecule is CCOC(=O)c1nc2c(Cl)cccc2o1. The Hall–Kier alpha value is -1.55. The van der Waals surface area contributed by atoms with E-state index in [9.17, 15) is 4.79 Å². The normalized spacial score (nSPS) is 10.5. The lowest BCUT2D eigenvalue weighted by atomic mass is 10.3. The van der Waals surface area contributed by atoms with Crippen molar-refractivity contribution < 1.29 is 13.9 Å². The average molecular weight is 226 g/mol. The Balaban J connectivity index is 2.47. The number of rotatable bonds is 2. The maximum absolute atomic E-state index is 11.3. The molecule has 2 aromatic rings. The number of fused-ring (bicyclic) bond motifs is 1. The predicted molar refractivity (Wildman–Crippen MR) is 55.0 cm³/mol. The van der Waals surface area contributed by atoms with Crippen LogP contribution >= 0.6 is 11.6 Å². The number of esters is 1. The van der Waals surface area contributed by atoms with Crippen molar-refractivity contribution in [2.24, 2.45) is 0 Å². The molecule has 0 saturated carbocycles. The fourth-order valence-corrected chi connectivity index (χ4v) is 1.40. The largest absolute Gasteiger partial charge is 0.459 e. The summed E-state index contributed by atoms with van der Waals surface area (Å²) in [5.41, 5.74) is 0.952. The van der Waals surface area contributed by atoms with Gasteiger partial charge in [0.1, 0.15) is 5.52 Å². The quantitative estimate of drug-likeness (QED) is 0.738. The number of nitrogens with zero attached hydrogens (tertiary/aromatic N) is 1. The molecular formula is C10H8ClNO3. The zero-order valence-electron chi connectivity index (χ0n) is 7.99. The lowest BCUT2D eigenvalue weighted by molar-refractivity contribution is 0.0483. The number of ether oxygens (including phenoxy) is 1. The zero-order valence-corrected chi connectivity index (χ0v) is 8.75. The number of carbonyl (C=O) groups excluding carboxylic acids is 1. The van der Waals surface area contributed by atoms with Crippen molar-refractivity contribution >= 4 is 28.7 Å². The van der Waals surface area contributed by atoms with Gasteiger partial charge in [0.05, 0.1) is 11.6 Å². The lowest BCUT2D eigenvalue weighted by Gasteiger charge is -1.94. The Morgan fingerprint density at radius 2 is 2.40 bits per heavy atom. The van der Waals surface area contributed by atoms with E-state index in [2.05, 4.69) is 4.98 Å². The van der Waals surface area contributed by atoms with E-state index in [1.807, 2.05) is 0 Å². The molecule has 0 bridgehead atoms. The van der Waals surface area contributed by atoms with E-state index >= 15 is 0 Å². The maximum atomic E-state index is 11.3. The first-order valence-electron chi connectivity index (χ1n) is 4.44. The molecule has 1 aromatic carbocycles. The summed E-state index contributed by atoms with van der Waals surface area (Å²) in [5, 5.41) is 0.451. The average Bonchev–Trinajstić information content (AvgIpc) is 2.63. The van der Waals surface area contributed by atoms with Gasteiger partial charge < -0.3 is 9.15 Å². The fourth-order valence-electron chi connectivity index (χ4n) is 1.20. The molecule has 0 N–H and O–H groups in total. The van der Waals surface area contributed by atoms with Crippen LogP contribution in [0.2, 0.25) is 5.02 Å². The lowest BCUT2D eigenvalue weighted by Crippen LogP contribution is -2.04. The third-order valence-corrected chi connectivity index (χ3v) is 2.12. The van der Waals surface area contributed by atoms with Crippen LogP contribution < -0.4 is 0 Å². The number of halogens is 1. The minimum Gasteiger partial charge on any atom is -0.459 e. The summed E-state index contributed by atoms with van der Waals surface area (Å²) >= 11 is 5.88. The summed E-state index contributed by atoms with van der Waals surface area (Å²) in [4.78, 5) is 15.3. The zero-order chi connectivity index (χ0) is 10.8. The molecule has 1 heterocycles. The number of para-hydroxylation sites is 1. The van der Waals surface area contributed by atoms with E-state index in [1.54, 1.807) is 25.1 Å². The Kier molecular flexibility index (Phi) is 2.60. The molecule has 0 aliphatic carbocycles. The fraction of sp³-hybridized carbons (Fsp3) is 0.200. The highest BCUT2D eigenvalue weighted by Crippen LogP contribution is 2.23. The van der Waals surface area contributed by atoms with Crippen LogP contribution in [0.25, 0.3) is 11.1 Å². The van der Waals surface area contributed by atoms with Crippen LogP contribution in [-0.4, -0.2) is 17.6 Å². The van der Waals surface area contributed by atoms with Crippen molar-refractivity contribution in [1.29, 1.82) is 0 Å². The Morgan fingerprint density at radius 1 is 1.60 bits per heavy atom. The summed E-state index contributed by atoms with van der Waals surface area (Å²) in [6.07, 6.45) is 0. The molecule has 0 saturated heterocycles. The molecule has 78 valence electrons. The van der Waals surface area contributed by atoms with Gasteiger partial charge in [-0.05, 0) is 19.1 Å². The first-order chi connectivity index (χ1) is 7.22. The van der Waals surface area contributed by atoms with Crippen molar-refractivity contribution in [3.8, 4) is 0 Å². The first-order valence-corrected chi connectivity index (χ1v) is 4.82. The number of hydrogen-bond donors (Lipinski definition) is 0. The van der Waals surface area contributed by atoms with Crippen LogP contribution in [0.3, 0.4) is 0 Å². The Bertz CT molecular complexity index is 506. The summed E-state index contributed by atoms with van der Waals surface area (Å²) in [6.45, 7) is 2.00. The van der Waals surface area contributed by atoms with E-state index in [0.29, 0.717) is 16.1 Å². The van der Waals surface area contributed by atoms with Gasteiger partial charge in [0, 0.05) is 0 Å². The molecule has 0 amide bonds. The van der Waals surface area contributed by atoms with E-state index in [1.165, 1.54) is 0 Å². The van der Waals surface area contributed by atoms with Crippen LogP contribution in [0.1, 0.15) is 17.6 Å². The van der Waals surface area contributed by atoms with Crippen LogP contribution in [0, 0.1) is 0 Å². The number of benzene rings is 1. The van der Waals surface area contributed by atoms with Gasteiger partial charge in [-0.15, -0.1) is 0 Å². The summed E-state index contributed by atoms with van der Waals surface area (Å²) in [6, 6.07) is 5.10. The number of hydrogen-bond acceptors (Lipinski definition) is 4. The van der Waals surface area contributed by atoms with Gasteiger partial charge in [-0.25, -0.2) is 9.78 Å². The molecule has 1 aromatic heterocycles. The molecule has 4 nitrogen and oxygen atoms in total. The van der Waals surface area contributed by atoms with Crippen LogP contribution in [-0.2, 0) is 4.74 Å². The third-order valence-electron chi connectivity index (χ3n) is 1.82. The molecule has 2 rings (SSSR count). The predicted octanol–water partition coefficient (Wildman–Crippen LogP) is 2.66. The molecule has 15 heavy (non-hydrogen) atoms. The standard InChI is InChI=1S/C10H8ClNO3/c1-2-14-10(13)9-12-8-6(11)4-3-5-7(8)15-9/h3-5H,2H2,1H3. The molecule has 0 unspecified atom stereocenters. The van der Waals surface area contributed by atoms with Gasteiger partial charge in [-0.2, -0.15) is 0 Å². The molecule has 5 heteroatoms. The van der Waals surface area contributed by atoms with Crippen molar-refractivity contribution in [3.63, 3.8) is 0 Å². The van der Waals surface area contributed by atoms with E-state index < -0.39 is 5.97 Å². The number of aromatic nitrogens is 1. The minimum absolute atomic E-state index is 0.0695. The van der Waals surface area contributed by atoms with E-state index in [4.69, 9.17) is 20.8 Å². The monoisotopic (exact) mass is 225 g/mol. The molecule has 0 aliphatic rings. The summed E-state index contributed by atoms with van der Waals surface area (Å²) < 4.78 is 9.95. The molecule has 0 radical (unpaired) electrons. The van der Waals surface area contributed by atoms with Gasteiger partial charge in [0.25, 0.3) is 0 Å². The summed E-state index contributed by atoms with van der Waals surface area (Å²) in [7, 11) is 0. The van der Waals surface area contributed by atoms with Gasteiger partial charge in [0.2, 0.25) is 0 Å². The highest BCUT2D eigenvalue weighted by atomic mass is 35.5. The van der Waals surface area contributed by atoms with E-state index in [-0.39, 0.29) is 12.5 Å². The van der Waals surface area contributed by atoms with Crippen molar-refractivity contribution in [3.05, 3.63) is 29.1 Å². The van der Waals surface area contributed by atoms with Gasteiger partial charge >= 0.3 is 11.9 Å². The Morgan fingerprint density at radius 3 is 3.07 bits per heavy atom. The molecule has 0 fully saturated rings. The highest BCUT2D eigenvalue weighted by Gasteiger charge is 2.16. The van der Waals surface area contributed by atoms with E-state index in [0.717, 1.165) is 0 Å². The molecule has 0 atom stereocenters. The number of oxazole rings is 1. The smallest absolute Gasteiger partial charge is 0.394 e. The minimum atomic E-state index is -0.579. The van der Waals surface area contributed by atoms with Crippen LogP contribution in [0.5, 0.6) is 0 Å². The second-order valence-electron chi connectivity index (χ2n) is 2.83. The molecular weight excluding hydrogens is 218 g/mol. The molecule has 0 spiro atoms. The second-order valence-corrected chi connectivity index (χ2v) is 3.23. The summed E-state index contributed by atoms with van der Waals surface area (Å²) in [5.74, 6) is -0.648. The van der Waals surface area contributed by atoms with Gasteiger partial charge in [0.15, 0.2) is 5.58 Å². The van der Waals surface area contributed by atoms with Crippen molar-refractivity contribution in [1.82, 2.24) is 4.98 Å². The van der Waals surface area contributed by atoms with Crippen LogP contribution in [0.15, 0.2) is 22.6 Å². The maximum Gasteiger partial charge on any atom is 0.394 e. The third kappa shape index (κ3) is 1.80. The topological polar surface area (TPSA) is 52.3 Å². The molecule has 0 aliphatic heterocycles.